The van der Waals surface area contributed by atoms with Gasteiger partial charge >= 0.3 is 0 Å². The van der Waals surface area contributed by atoms with Crippen molar-refractivity contribution in [3.8, 4) is 5.75 Å². The number of benzene rings is 1. The Bertz CT molecular complexity index is 402. The van der Waals surface area contributed by atoms with Gasteiger partial charge in [-0.15, -0.1) is 0 Å². The van der Waals surface area contributed by atoms with Crippen molar-refractivity contribution in [2.24, 2.45) is 11.7 Å². The summed E-state index contributed by atoms with van der Waals surface area (Å²) in [6.07, 6.45) is 5.84. The van der Waals surface area contributed by atoms with Crippen LogP contribution in [0.5, 0.6) is 5.75 Å². The van der Waals surface area contributed by atoms with Crippen LogP contribution in [0.1, 0.15) is 36.8 Å². The quantitative estimate of drug-likeness (QED) is 0.853. The van der Waals surface area contributed by atoms with Gasteiger partial charge in [-0.25, -0.2) is 0 Å². The third kappa shape index (κ3) is 3.39. The molecule has 0 bridgehead atoms. The fourth-order valence-electron chi connectivity index (χ4n) is 2.30. The molecule has 100 valence electrons. The van der Waals surface area contributed by atoms with E-state index in [1.165, 1.54) is 30.4 Å². The molecule has 2 nitrogen and oxygen atoms in total. The van der Waals surface area contributed by atoms with E-state index in [-0.39, 0.29) is 0 Å². The molecule has 2 rings (SSSR count). The Labute approximate surface area is 114 Å². The molecule has 0 aromatic heterocycles. The highest BCUT2D eigenvalue weighted by Crippen LogP contribution is 2.33. The van der Waals surface area contributed by atoms with E-state index in [4.69, 9.17) is 22.1 Å². The molecular formula is C15H22ClNO. The summed E-state index contributed by atoms with van der Waals surface area (Å²) >= 11 is 6.30. The largest absolute Gasteiger partial charge is 0.491 e. The molecule has 0 atom stereocenters. The Morgan fingerprint density at radius 1 is 1.39 bits per heavy atom. The smallest absolute Gasteiger partial charge is 0.141 e. The minimum Gasteiger partial charge on any atom is -0.491 e. The fourth-order valence-corrected chi connectivity index (χ4v) is 2.65. The molecule has 0 radical (unpaired) electrons. The number of ether oxygens (including phenoxy) is 1. The summed E-state index contributed by atoms with van der Waals surface area (Å²) in [7, 11) is 0. The molecule has 0 saturated heterocycles. The van der Waals surface area contributed by atoms with Gasteiger partial charge in [-0.3, -0.25) is 0 Å². The van der Waals surface area contributed by atoms with Crippen LogP contribution in [0.15, 0.2) is 12.1 Å². The van der Waals surface area contributed by atoms with Crippen molar-refractivity contribution in [3.63, 3.8) is 0 Å². The van der Waals surface area contributed by atoms with E-state index in [2.05, 4.69) is 13.0 Å². The lowest BCUT2D eigenvalue weighted by Gasteiger charge is -2.26. The lowest BCUT2D eigenvalue weighted by atomic mass is 9.86. The normalized spacial score (nSPS) is 15.5. The van der Waals surface area contributed by atoms with E-state index in [1.807, 2.05) is 6.07 Å². The first-order valence-electron chi connectivity index (χ1n) is 6.82. The van der Waals surface area contributed by atoms with Crippen LogP contribution in [0, 0.1) is 12.8 Å². The molecule has 1 aromatic rings. The second-order valence-electron chi connectivity index (χ2n) is 5.24. The predicted molar refractivity (Wildman–Crippen MR) is 76.4 cm³/mol. The number of aryl methyl sites for hydroxylation is 2. The molecule has 18 heavy (non-hydrogen) atoms. The Hall–Kier alpha value is -0.730. The van der Waals surface area contributed by atoms with Gasteiger partial charge in [0.15, 0.2) is 0 Å². The number of hydrogen-bond acceptors (Lipinski definition) is 2. The Kier molecular flexibility index (Phi) is 4.90. The molecular weight excluding hydrogens is 246 g/mol. The summed E-state index contributed by atoms with van der Waals surface area (Å²) in [5, 5.41) is 0.737. The molecule has 1 saturated carbocycles. The van der Waals surface area contributed by atoms with Crippen LogP contribution in [0.4, 0.5) is 0 Å². The Morgan fingerprint density at radius 3 is 2.78 bits per heavy atom. The molecule has 1 fully saturated rings. The summed E-state index contributed by atoms with van der Waals surface area (Å²) in [6, 6.07) is 4.14. The number of hydrogen-bond donors (Lipinski definition) is 1. The molecule has 0 unspecified atom stereocenters. The summed E-state index contributed by atoms with van der Waals surface area (Å²) in [5.41, 5.74) is 7.96. The van der Waals surface area contributed by atoms with E-state index < -0.39 is 0 Å². The second-order valence-corrected chi connectivity index (χ2v) is 5.64. The van der Waals surface area contributed by atoms with Crippen molar-refractivity contribution < 1.29 is 4.74 Å². The van der Waals surface area contributed by atoms with Crippen molar-refractivity contribution in [3.05, 3.63) is 28.3 Å². The van der Waals surface area contributed by atoms with Gasteiger partial charge in [-0.2, -0.15) is 0 Å². The number of halogens is 1. The first kappa shape index (κ1) is 13.7. The Morgan fingerprint density at radius 2 is 2.17 bits per heavy atom. The monoisotopic (exact) mass is 267 g/mol. The second kappa shape index (κ2) is 6.44. The summed E-state index contributed by atoms with van der Waals surface area (Å²) in [6.45, 7) is 3.57. The zero-order chi connectivity index (χ0) is 13.0. The molecule has 1 aliphatic rings. The van der Waals surface area contributed by atoms with Crippen LogP contribution in [0.3, 0.4) is 0 Å². The number of nitrogens with two attached hydrogens (primary N) is 1. The summed E-state index contributed by atoms with van der Waals surface area (Å²) in [5.74, 6) is 1.60. The van der Waals surface area contributed by atoms with Crippen LogP contribution in [0.2, 0.25) is 5.02 Å². The zero-order valence-electron chi connectivity index (χ0n) is 11.0. The third-order valence-electron chi connectivity index (χ3n) is 3.60. The van der Waals surface area contributed by atoms with Gasteiger partial charge in [0.05, 0.1) is 11.6 Å². The predicted octanol–water partition coefficient (Wildman–Crippen LogP) is 3.72. The minimum absolute atomic E-state index is 0.702. The van der Waals surface area contributed by atoms with E-state index >= 15 is 0 Å². The first-order valence-corrected chi connectivity index (χ1v) is 7.20. The van der Waals surface area contributed by atoms with Crippen molar-refractivity contribution in [2.45, 2.75) is 39.0 Å². The van der Waals surface area contributed by atoms with Gasteiger partial charge in [0.2, 0.25) is 0 Å². The molecule has 1 aromatic carbocycles. The van der Waals surface area contributed by atoms with Crippen LogP contribution < -0.4 is 10.5 Å². The van der Waals surface area contributed by atoms with Gasteiger partial charge in [0, 0.05) is 0 Å². The van der Waals surface area contributed by atoms with Crippen molar-refractivity contribution in [2.75, 3.05) is 13.2 Å². The molecule has 1 aliphatic carbocycles. The highest BCUT2D eigenvalue weighted by molar-refractivity contribution is 6.32. The fraction of sp³-hybridized carbons (Fsp3) is 0.600. The van der Waals surface area contributed by atoms with Gasteiger partial charge in [0.25, 0.3) is 0 Å². The highest BCUT2D eigenvalue weighted by atomic mass is 35.5. The van der Waals surface area contributed by atoms with E-state index in [1.54, 1.807) is 0 Å². The average Bonchev–Trinajstić information content (AvgIpc) is 2.26. The van der Waals surface area contributed by atoms with Crippen LogP contribution in [-0.4, -0.2) is 13.2 Å². The molecule has 3 heteroatoms. The Balaban J connectivity index is 2.08. The molecule has 0 spiro atoms. The average molecular weight is 268 g/mol. The zero-order valence-corrected chi connectivity index (χ0v) is 11.8. The maximum Gasteiger partial charge on any atom is 0.141 e. The molecule has 2 N–H and O–H groups in total. The molecule has 0 heterocycles. The lowest BCUT2D eigenvalue weighted by molar-refractivity contribution is 0.179. The van der Waals surface area contributed by atoms with Crippen molar-refractivity contribution in [1.82, 2.24) is 0 Å². The van der Waals surface area contributed by atoms with Gasteiger partial charge in [0.1, 0.15) is 5.75 Å². The highest BCUT2D eigenvalue weighted by Gasteiger charge is 2.19. The van der Waals surface area contributed by atoms with Gasteiger partial charge in [-0.05, 0) is 62.3 Å². The summed E-state index contributed by atoms with van der Waals surface area (Å²) < 4.78 is 5.95. The topological polar surface area (TPSA) is 35.2 Å². The minimum atomic E-state index is 0.702. The van der Waals surface area contributed by atoms with Crippen LogP contribution >= 0.6 is 11.6 Å². The van der Waals surface area contributed by atoms with Crippen LogP contribution in [0.25, 0.3) is 0 Å². The molecule has 0 amide bonds. The standard InChI is InChI=1S/C15H22ClNO/c1-11-8-13(6-3-7-17)15(14(16)9-11)18-10-12-4-2-5-12/h8-9,12H,2-7,10,17H2,1H3. The third-order valence-corrected chi connectivity index (χ3v) is 3.88. The van der Waals surface area contributed by atoms with E-state index in [9.17, 15) is 0 Å². The van der Waals surface area contributed by atoms with E-state index in [0.29, 0.717) is 6.54 Å². The first-order chi connectivity index (χ1) is 8.70. The van der Waals surface area contributed by atoms with Gasteiger partial charge in [-0.1, -0.05) is 24.1 Å². The maximum atomic E-state index is 6.30. The van der Waals surface area contributed by atoms with Crippen LogP contribution in [-0.2, 0) is 6.42 Å². The summed E-state index contributed by atoms with van der Waals surface area (Å²) in [4.78, 5) is 0. The van der Waals surface area contributed by atoms with E-state index in [0.717, 1.165) is 36.1 Å². The molecule has 0 aliphatic heterocycles. The van der Waals surface area contributed by atoms with Gasteiger partial charge < -0.3 is 10.5 Å². The maximum absolute atomic E-state index is 6.30. The lowest BCUT2D eigenvalue weighted by Crippen LogP contribution is -2.20. The van der Waals surface area contributed by atoms with Crippen molar-refractivity contribution >= 4 is 11.6 Å². The van der Waals surface area contributed by atoms with Crippen molar-refractivity contribution in [1.29, 1.82) is 0 Å². The number of rotatable bonds is 6. The SMILES string of the molecule is Cc1cc(Cl)c(OCC2CCC2)c(CCCN)c1.